The van der Waals surface area contributed by atoms with Gasteiger partial charge in [0, 0.05) is 0 Å². The molecule has 0 bridgehead atoms. The van der Waals surface area contributed by atoms with Crippen LogP contribution in [0.2, 0.25) is 0 Å². The van der Waals surface area contributed by atoms with Gasteiger partial charge >= 0.3 is 6.18 Å². The lowest BCUT2D eigenvalue weighted by Crippen LogP contribution is -2.29. The molecular weight excluding hydrogens is 164 g/mol. The minimum atomic E-state index is -5.39. The molecule has 7 heteroatoms. The van der Waals surface area contributed by atoms with Crippen molar-refractivity contribution in [1.82, 2.24) is 0 Å². The fourth-order valence-corrected chi connectivity index (χ4v) is 0.209. The number of hydrogen-bond donors (Lipinski definition) is 0. The van der Waals surface area contributed by atoms with Crippen LogP contribution < -0.4 is 0 Å². The van der Waals surface area contributed by atoms with E-state index in [0.717, 1.165) is 5.21 Å². The predicted molar refractivity (Wildman–Crippen MR) is 20.6 cm³/mol. The van der Waals surface area contributed by atoms with Gasteiger partial charge in [-0.2, -0.15) is 13.2 Å². The molecule has 0 atom stereocenters. The van der Waals surface area contributed by atoms with Crippen molar-refractivity contribution in [1.29, 1.82) is 0 Å². The largest absolute Gasteiger partial charge is 0.437 e. The lowest BCUT2D eigenvalue weighted by atomic mass is 10.4. The lowest BCUT2D eigenvalue weighted by Gasteiger charge is -2.05. The molecule has 0 N–H and O–H groups in total. The molecule has 60 valence electrons. The summed E-state index contributed by atoms with van der Waals surface area (Å²) in [5.41, 5.74) is -2.70. The van der Waals surface area contributed by atoms with Crippen LogP contribution in [0.25, 0.3) is 0 Å². The first-order chi connectivity index (χ1) is 4.39. The number of alkyl halides is 5. The van der Waals surface area contributed by atoms with Gasteiger partial charge in [0.05, 0.1) is 0 Å². The summed E-state index contributed by atoms with van der Waals surface area (Å²) in [5.74, 6) is 0. The first-order valence-corrected chi connectivity index (χ1v) is 1.93. The Morgan fingerprint density at radius 2 is 1.60 bits per heavy atom. The summed E-state index contributed by atoms with van der Waals surface area (Å²) in [7, 11) is 0. The van der Waals surface area contributed by atoms with E-state index in [-0.39, 0.29) is 0 Å². The van der Waals surface area contributed by atoms with Crippen molar-refractivity contribution in [2.24, 2.45) is 5.21 Å². The van der Waals surface area contributed by atoms with Crippen LogP contribution in [0.4, 0.5) is 26.4 Å². The Labute approximate surface area is 51.3 Å². The fourth-order valence-electron chi connectivity index (χ4n) is 0.209. The highest BCUT2D eigenvalue weighted by Gasteiger charge is 2.42. The average molecular weight is 165 g/mol. The van der Waals surface area contributed by atoms with Gasteiger partial charge in [-0.3, -0.25) is 0 Å². The molecule has 0 aliphatic rings. The van der Waals surface area contributed by atoms with Gasteiger partial charge in [-0.05, 0) is 0 Å². The maximum atomic E-state index is 11.1. The van der Waals surface area contributed by atoms with Crippen molar-refractivity contribution in [2.45, 2.75) is 12.6 Å². The highest BCUT2D eigenvalue weighted by molar-refractivity contribution is 5.91. The maximum Gasteiger partial charge on any atom is 0.437 e. The van der Waals surface area contributed by atoms with Crippen molar-refractivity contribution in [3.63, 3.8) is 0 Å². The summed E-state index contributed by atoms with van der Waals surface area (Å²) in [5, 5.41) is 0.900. The summed E-state index contributed by atoms with van der Waals surface area (Å²) in [6.07, 6.45) is -9.31. The zero-order chi connectivity index (χ0) is 8.36. The zero-order valence-electron chi connectivity index (χ0n) is 4.29. The highest BCUT2D eigenvalue weighted by atomic mass is 19.4. The van der Waals surface area contributed by atoms with Gasteiger partial charge in [0.25, 0.3) is 6.43 Å². The zero-order valence-corrected chi connectivity index (χ0v) is 4.29. The molecule has 0 spiro atoms. The van der Waals surface area contributed by atoms with E-state index >= 15 is 0 Å². The van der Waals surface area contributed by atoms with E-state index in [0.29, 0.717) is 0 Å². The fraction of sp³-hybridized carbons (Fsp3) is 0.667. The Morgan fingerprint density at radius 1 is 1.20 bits per heavy atom. The Bertz CT molecular complexity index is 134. The maximum absolute atomic E-state index is 11.1. The van der Waals surface area contributed by atoms with Gasteiger partial charge in [0.2, 0.25) is 5.71 Å². The van der Waals surface area contributed by atoms with Crippen LogP contribution in [0.15, 0.2) is 5.21 Å². The normalized spacial score (nSPS) is 14.5. The van der Waals surface area contributed by atoms with Crippen molar-refractivity contribution in [2.75, 3.05) is 0 Å². The molecule has 0 saturated heterocycles. The molecule has 0 aromatic carbocycles. The van der Waals surface area contributed by atoms with Crippen LogP contribution in [0.3, 0.4) is 0 Å². The molecule has 0 heterocycles. The van der Waals surface area contributed by atoms with E-state index in [1.807, 2.05) is 0 Å². The summed E-state index contributed by atoms with van der Waals surface area (Å²) < 4.78 is 66.4. The molecule has 0 rings (SSSR count). The Kier molecular flexibility index (Phi) is 2.67. The molecule has 10 heavy (non-hydrogen) atoms. The molecule has 0 amide bonds. The van der Waals surface area contributed by atoms with Gasteiger partial charge in [-0.15, -0.1) is 0 Å². The van der Waals surface area contributed by atoms with Crippen molar-refractivity contribution in [3.8, 4) is 0 Å². The topological polar surface area (TPSA) is 12.4 Å². The molecule has 0 radical (unpaired) electrons. The molecular formula is C3HF6N. The van der Waals surface area contributed by atoms with Crippen LogP contribution in [-0.2, 0) is 0 Å². The third-order valence-electron chi connectivity index (χ3n) is 0.588. The van der Waals surface area contributed by atoms with Crippen LogP contribution in [-0.4, -0.2) is 18.3 Å². The van der Waals surface area contributed by atoms with E-state index in [1.165, 1.54) is 0 Å². The van der Waals surface area contributed by atoms with Gasteiger partial charge < -0.3 is 0 Å². The molecule has 0 aliphatic carbocycles. The van der Waals surface area contributed by atoms with Gasteiger partial charge in [-0.25, -0.2) is 8.78 Å². The minimum absolute atomic E-state index is 0.900. The third-order valence-corrected chi connectivity index (χ3v) is 0.588. The standard InChI is InChI=1S/C3HF6N/c4-2(5)1(10-9)3(6,7)8/h2H/b10-1+. The number of rotatable bonds is 1. The molecule has 0 saturated carbocycles. The Morgan fingerprint density at radius 3 is 1.60 bits per heavy atom. The summed E-state index contributed by atoms with van der Waals surface area (Å²) in [6.45, 7) is 0. The smallest absolute Gasteiger partial charge is 0.203 e. The second-order valence-corrected chi connectivity index (χ2v) is 1.27. The minimum Gasteiger partial charge on any atom is -0.203 e. The quantitative estimate of drug-likeness (QED) is 0.417. The monoisotopic (exact) mass is 165 g/mol. The van der Waals surface area contributed by atoms with E-state index in [4.69, 9.17) is 0 Å². The van der Waals surface area contributed by atoms with Crippen LogP contribution in [0.5, 0.6) is 0 Å². The van der Waals surface area contributed by atoms with E-state index in [2.05, 4.69) is 0 Å². The van der Waals surface area contributed by atoms with Crippen molar-refractivity contribution < 1.29 is 26.4 Å². The van der Waals surface area contributed by atoms with E-state index < -0.39 is 18.3 Å². The van der Waals surface area contributed by atoms with E-state index in [9.17, 15) is 26.4 Å². The number of halogens is 6. The Balaban J connectivity index is 4.40. The van der Waals surface area contributed by atoms with Gasteiger partial charge in [0.1, 0.15) is 0 Å². The summed E-state index contributed by atoms with van der Waals surface area (Å²) in [6, 6.07) is 0. The van der Waals surface area contributed by atoms with Gasteiger partial charge in [0.15, 0.2) is 0 Å². The third kappa shape index (κ3) is 2.24. The SMILES string of the molecule is F/N=C(\C(F)F)C(F)(F)F. The second-order valence-electron chi connectivity index (χ2n) is 1.27. The summed E-state index contributed by atoms with van der Waals surface area (Å²) >= 11 is 0. The van der Waals surface area contributed by atoms with Crippen molar-refractivity contribution >= 4 is 5.71 Å². The highest BCUT2D eigenvalue weighted by Crippen LogP contribution is 2.21. The van der Waals surface area contributed by atoms with E-state index in [1.54, 1.807) is 0 Å². The molecule has 0 aromatic heterocycles. The van der Waals surface area contributed by atoms with Crippen LogP contribution in [0.1, 0.15) is 0 Å². The Hall–Kier alpha value is -0.750. The first-order valence-electron chi connectivity index (χ1n) is 1.93. The molecule has 0 aromatic rings. The molecule has 1 nitrogen and oxygen atoms in total. The molecule has 0 fully saturated rings. The predicted octanol–water partition coefficient (Wildman–Crippen LogP) is 2.14. The average Bonchev–Trinajstić information content (AvgIpc) is 1.60. The van der Waals surface area contributed by atoms with Crippen LogP contribution in [0, 0.1) is 0 Å². The number of nitrogens with zero attached hydrogens (tertiary/aromatic N) is 1. The second kappa shape index (κ2) is 2.89. The van der Waals surface area contributed by atoms with Crippen molar-refractivity contribution in [3.05, 3.63) is 0 Å². The summed E-state index contributed by atoms with van der Waals surface area (Å²) in [4.78, 5) is 0. The molecule has 0 unspecified atom stereocenters. The van der Waals surface area contributed by atoms with Crippen LogP contribution >= 0.6 is 0 Å². The molecule has 0 aliphatic heterocycles. The lowest BCUT2D eigenvalue weighted by molar-refractivity contribution is -0.0694. The first kappa shape index (κ1) is 9.25. The van der Waals surface area contributed by atoms with Gasteiger partial charge in [-0.1, -0.05) is 9.70 Å². The number of hydrogen-bond acceptors (Lipinski definition) is 1.